The minimum absolute atomic E-state index is 0.223. The van der Waals surface area contributed by atoms with E-state index in [-0.39, 0.29) is 11.8 Å². The Bertz CT molecular complexity index is 472. The van der Waals surface area contributed by atoms with Crippen molar-refractivity contribution in [2.75, 3.05) is 5.32 Å². The van der Waals surface area contributed by atoms with E-state index in [1.54, 1.807) is 0 Å². The number of fused-ring (bicyclic) bond motifs is 1. The number of rotatable bonds is 2. The van der Waals surface area contributed by atoms with Crippen LogP contribution in [0.25, 0.3) is 0 Å². The first-order valence-corrected chi connectivity index (χ1v) is 7.28. The zero-order chi connectivity index (χ0) is 13.2. The number of benzene rings is 1. The van der Waals surface area contributed by atoms with Gasteiger partial charge in [-0.1, -0.05) is 29.8 Å². The number of hydrogen-bond acceptors (Lipinski definition) is 1. The highest BCUT2D eigenvalue weighted by Crippen LogP contribution is 2.53. The van der Waals surface area contributed by atoms with Gasteiger partial charge in [-0.2, -0.15) is 0 Å². The summed E-state index contributed by atoms with van der Waals surface area (Å²) in [5.41, 5.74) is 2.14. The first-order chi connectivity index (χ1) is 9.25. The normalized spacial score (nSPS) is 30.7. The molecule has 1 aromatic carbocycles. The summed E-state index contributed by atoms with van der Waals surface area (Å²) in [6.45, 7) is 2.06. The Labute approximate surface area is 114 Å². The molecule has 1 fully saturated rings. The summed E-state index contributed by atoms with van der Waals surface area (Å²) in [7, 11) is 0. The zero-order valence-corrected chi connectivity index (χ0v) is 11.4. The summed E-state index contributed by atoms with van der Waals surface area (Å²) < 4.78 is 0. The van der Waals surface area contributed by atoms with Crippen LogP contribution in [0, 0.1) is 24.7 Å². The lowest BCUT2D eigenvalue weighted by molar-refractivity contribution is -0.117. The topological polar surface area (TPSA) is 29.1 Å². The van der Waals surface area contributed by atoms with Gasteiger partial charge >= 0.3 is 0 Å². The van der Waals surface area contributed by atoms with E-state index in [9.17, 15) is 4.79 Å². The molecule has 2 nitrogen and oxygen atoms in total. The van der Waals surface area contributed by atoms with Gasteiger partial charge < -0.3 is 5.32 Å². The number of carbonyl (C=O) groups excluding carboxylic acids is 1. The van der Waals surface area contributed by atoms with E-state index in [0.717, 1.165) is 18.5 Å². The number of hydrogen-bond donors (Lipinski definition) is 1. The molecular formula is C17H21NO. The highest BCUT2D eigenvalue weighted by atomic mass is 16.2. The minimum atomic E-state index is 0.223. The van der Waals surface area contributed by atoms with Crippen molar-refractivity contribution in [1.82, 2.24) is 0 Å². The fraction of sp³-hybridized carbons (Fsp3) is 0.471. The molecule has 0 aromatic heterocycles. The lowest BCUT2D eigenvalue weighted by Crippen LogP contribution is -2.15. The van der Waals surface area contributed by atoms with Crippen molar-refractivity contribution in [3.8, 4) is 0 Å². The van der Waals surface area contributed by atoms with Gasteiger partial charge in [0.15, 0.2) is 0 Å². The van der Waals surface area contributed by atoms with Gasteiger partial charge in [-0.25, -0.2) is 0 Å². The number of carbonyl (C=O) groups is 1. The smallest absolute Gasteiger partial charge is 0.228 e. The molecular weight excluding hydrogens is 234 g/mol. The number of amides is 1. The summed E-state index contributed by atoms with van der Waals surface area (Å²) in [6.07, 6.45) is 9.15. The van der Waals surface area contributed by atoms with Crippen LogP contribution in [0.1, 0.15) is 31.2 Å². The molecule has 0 aliphatic heterocycles. The molecule has 0 heterocycles. The Morgan fingerprint density at radius 1 is 1.05 bits per heavy atom. The molecule has 2 heteroatoms. The van der Waals surface area contributed by atoms with Crippen LogP contribution >= 0.6 is 0 Å². The molecule has 1 aromatic rings. The Morgan fingerprint density at radius 2 is 1.63 bits per heavy atom. The van der Waals surface area contributed by atoms with Crippen LogP contribution in [-0.2, 0) is 4.79 Å². The third-order valence-electron chi connectivity index (χ3n) is 4.45. The van der Waals surface area contributed by atoms with Gasteiger partial charge in [-0.05, 0) is 56.6 Å². The summed E-state index contributed by atoms with van der Waals surface area (Å²) in [5, 5.41) is 3.07. The standard InChI is InChI=1S/C17H21NO/c1-12-8-10-13(11-9-12)18-17(19)16-14-6-4-2-3-5-7-15(14)16/h2-3,8-11,14-16H,4-7H2,1H3,(H,18,19)/b3-2-/t14-,15-/m1/s1. The number of anilines is 1. The van der Waals surface area contributed by atoms with Crippen molar-refractivity contribution >= 4 is 11.6 Å². The fourth-order valence-electron chi connectivity index (χ4n) is 3.30. The summed E-state index contributed by atoms with van der Waals surface area (Å²) in [5.74, 6) is 1.72. The van der Waals surface area contributed by atoms with Crippen molar-refractivity contribution in [2.24, 2.45) is 17.8 Å². The second-order valence-corrected chi connectivity index (χ2v) is 5.83. The van der Waals surface area contributed by atoms with E-state index in [1.165, 1.54) is 18.4 Å². The lowest BCUT2D eigenvalue weighted by atomic mass is 10.1. The highest BCUT2D eigenvalue weighted by molar-refractivity contribution is 5.94. The Kier molecular flexibility index (Phi) is 3.41. The molecule has 3 rings (SSSR count). The van der Waals surface area contributed by atoms with Crippen LogP contribution < -0.4 is 5.32 Å². The van der Waals surface area contributed by atoms with Crippen LogP contribution in [0.15, 0.2) is 36.4 Å². The van der Waals surface area contributed by atoms with E-state index < -0.39 is 0 Å². The largest absolute Gasteiger partial charge is 0.326 e. The third kappa shape index (κ3) is 2.73. The fourth-order valence-corrected chi connectivity index (χ4v) is 3.30. The average molecular weight is 255 g/mol. The molecule has 1 amide bonds. The van der Waals surface area contributed by atoms with Crippen LogP contribution in [0.5, 0.6) is 0 Å². The molecule has 2 aliphatic carbocycles. The van der Waals surface area contributed by atoms with Crippen molar-refractivity contribution in [1.29, 1.82) is 0 Å². The van der Waals surface area contributed by atoms with Crippen molar-refractivity contribution in [3.63, 3.8) is 0 Å². The van der Waals surface area contributed by atoms with E-state index in [1.807, 2.05) is 24.3 Å². The molecule has 0 saturated heterocycles. The zero-order valence-electron chi connectivity index (χ0n) is 11.4. The molecule has 2 aliphatic rings. The van der Waals surface area contributed by atoms with Gasteiger partial charge in [0.2, 0.25) is 5.91 Å². The van der Waals surface area contributed by atoms with E-state index >= 15 is 0 Å². The maximum absolute atomic E-state index is 12.3. The molecule has 19 heavy (non-hydrogen) atoms. The predicted octanol–water partition coefficient (Wildman–Crippen LogP) is 3.93. The minimum Gasteiger partial charge on any atom is -0.326 e. The monoisotopic (exact) mass is 255 g/mol. The first kappa shape index (κ1) is 12.5. The molecule has 0 spiro atoms. The average Bonchev–Trinajstić information content (AvgIpc) is 3.03. The SMILES string of the molecule is Cc1ccc(NC(=O)C2[C@@H]3CC/C=C\CC[C@@H]23)cc1. The van der Waals surface area contributed by atoms with Crippen LogP contribution in [-0.4, -0.2) is 5.91 Å². The number of nitrogens with one attached hydrogen (secondary N) is 1. The lowest BCUT2D eigenvalue weighted by Gasteiger charge is -2.05. The molecule has 2 atom stereocenters. The van der Waals surface area contributed by atoms with Crippen molar-refractivity contribution in [3.05, 3.63) is 42.0 Å². The second-order valence-electron chi connectivity index (χ2n) is 5.83. The molecule has 100 valence electrons. The Morgan fingerprint density at radius 3 is 2.21 bits per heavy atom. The summed E-state index contributed by atoms with van der Waals surface area (Å²) in [6, 6.07) is 8.05. The van der Waals surface area contributed by atoms with Crippen molar-refractivity contribution < 1.29 is 4.79 Å². The number of aryl methyl sites for hydroxylation is 1. The third-order valence-corrected chi connectivity index (χ3v) is 4.45. The van der Waals surface area contributed by atoms with Gasteiger partial charge in [0.25, 0.3) is 0 Å². The van der Waals surface area contributed by atoms with Crippen LogP contribution in [0.2, 0.25) is 0 Å². The maximum Gasteiger partial charge on any atom is 0.228 e. The molecule has 0 bridgehead atoms. The quantitative estimate of drug-likeness (QED) is 0.797. The van der Waals surface area contributed by atoms with Gasteiger partial charge in [0, 0.05) is 11.6 Å². The summed E-state index contributed by atoms with van der Waals surface area (Å²) >= 11 is 0. The van der Waals surface area contributed by atoms with Gasteiger partial charge in [-0.15, -0.1) is 0 Å². The molecule has 0 radical (unpaired) electrons. The second kappa shape index (κ2) is 5.20. The van der Waals surface area contributed by atoms with Gasteiger partial charge in [-0.3, -0.25) is 4.79 Å². The molecule has 1 saturated carbocycles. The first-order valence-electron chi connectivity index (χ1n) is 7.28. The van der Waals surface area contributed by atoms with E-state index in [4.69, 9.17) is 0 Å². The van der Waals surface area contributed by atoms with Crippen LogP contribution in [0.3, 0.4) is 0 Å². The highest BCUT2D eigenvalue weighted by Gasteiger charge is 2.53. The van der Waals surface area contributed by atoms with E-state index in [2.05, 4.69) is 24.4 Å². The van der Waals surface area contributed by atoms with Gasteiger partial charge in [0.05, 0.1) is 0 Å². The number of allylic oxidation sites excluding steroid dienone is 2. The molecule has 1 N–H and O–H groups in total. The molecule has 0 unspecified atom stereocenters. The van der Waals surface area contributed by atoms with Crippen LogP contribution in [0.4, 0.5) is 5.69 Å². The summed E-state index contributed by atoms with van der Waals surface area (Å²) in [4.78, 5) is 12.3. The maximum atomic E-state index is 12.3. The van der Waals surface area contributed by atoms with Gasteiger partial charge in [0.1, 0.15) is 0 Å². The predicted molar refractivity (Wildman–Crippen MR) is 77.9 cm³/mol. The van der Waals surface area contributed by atoms with E-state index in [0.29, 0.717) is 11.8 Å². The Hall–Kier alpha value is -1.57. The van der Waals surface area contributed by atoms with Crippen molar-refractivity contribution in [2.45, 2.75) is 32.6 Å². The Balaban J connectivity index is 1.61.